The largest absolute Gasteiger partial charge is 0.363 e. The Morgan fingerprint density at radius 1 is 1.45 bits per heavy atom. The van der Waals surface area contributed by atoms with Crippen molar-refractivity contribution in [1.29, 1.82) is 0 Å². The molecular weight excluding hydrogens is 275 g/mol. The third-order valence-corrected chi connectivity index (χ3v) is 5.16. The molecule has 1 N–H and O–H groups in total. The summed E-state index contributed by atoms with van der Waals surface area (Å²) in [7, 11) is 0. The fourth-order valence-electron chi connectivity index (χ4n) is 3.35. The van der Waals surface area contributed by atoms with Gasteiger partial charge in [0.25, 0.3) is 0 Å². The molecule has 2 atom stereocenters. The van der Waals surface area contributed by atoms with E-state index in [1.165, 1.54) is 12.8 Å². The second-order valence-electron chi connectivity index (χ2n) is 6.34. The van der Waals surface area contributed by atoms with E-state index in [4.69, 9.17) is 11.6 Å². The van der Waals surface area contributed by atoms with Crippen LogP contribution in [0.5, 0.6) is 0 Å². The van der Waals surface area contributed by atoms with Gasteiger partial charge in [-0.25, -0.2) is 4.39 Å². The summed E-state index contributed by atoms with van der Waals surface area (Å²) >= 11 is 5.95. The Morgan fingerprint density at radius 2 is 2.20 bits per heavy atom. The molecule has 0 bridgehead atoms. The van der Waals surface area contributed by atoms with Gasteiger partial charge in [-0.1, -0.05) is 24.6 Å². The van der Waals surface area contributed by atoms with Gasteiger partial charge in [-0.2, -0.15) is 0 Å². The van der Waals surface area contributed by atoms with Crippen molar-refractivity contribution >= 4 is 17.3 Å². The number of anilines is 1. The summed E-state index contributed by atoms with van der Waals surface area (Å²) < 4.78 is 14.4. The summed E-state index contributed by atoms with van der Waals surface area (Å²) in [5, 5.41) is 3.91. The number of hydrogen-bond acceptors (Lipinski definition) is 2. The maximum absolute atomic E-state index is 14.4. The van der Waals surface area contributed by atoms with Crippen LogP contribution >= 0.6 is 11.6 Å². The van der Waals surface area contributed by atoms with E-state index in [9.17, 15) is 4.39 Å². The zero-order valence-corrected chi connectivity index (χ0v) is 12.9. The first-order valence-corrected chi connectivity index (χ1v) is 7.88. The zero-order chi connectivity index (χ0) is 14.3. The number of halogens is 2. The van der Waals surface area contributed by atoms with Crippen LogP contribution in [0.1, 0.15) is 33.1 Å². The number of rotatable bonds is 3. The molecule has 20 heavy (non-hydrogen) atoms. The first-order chi connectivity index (χ1) is 9.55. The second-order valence-corrected chi connectivity index (χ2v) is 6.74. The Labute approximate surface area is 125 Å². The van der Waals surface area contributed by atoms with Crippen molar-refractivity contribution in [3.63, 3.8) is 0 Å². The zero-order valence-electron chi connectivity index (χ0n) is 12.1. The summed E-state index contributed by atoms with van der Waals surface area (Å²) in [6.07, 6.45) is 3.57. The average Bonchev–Trinajstić information content (AvgIpc) is 3.27. The number of nitrogens with one attached hydrogen (secondary N) is 1. The van der Waals surface area contributed by atoms with Crippen LogP contribution < -0.4 is 10.2 Å². The molecule has 2 fully saturated rings. The topological polar surface area (TPSA) is 15.3 Å². The molecule has 1 aromatic rings. The third-order valence-electron chi connectivity index (χ3n) is 4.87. The van der Waals surface area contributed by atoms with E-state index in [-0.39, 0.29) is 16.4 Å². The summed E-state index contributed by atoms with van der Waals surface area (Å²) in [4.78, 5) is 2.22. The maximum Gasteiger partial charge on any atom is 0.165 e. The van der Waals surface area contributed by atoms with E-state index in [1.807, 2.05) is 12.1 Å². The van der Waals surface area contributed by atoms with Gasteiger partial charge in [-0.3, -0.25) is 0 Å². The van der Waals surface area contributed by atoms with Crippen LogP contribution in [0.3, 0.4) is 0 Å². The van der Waals surface area contributed by atoms with E-state index in [0.717, 1.165) is 25.4 Å². The minimum Gasteiger partial charge on any atom is -0.363 e. The Bertz CT molecular complexity index is 503. The van der Waals surface area contributed by atoms with Gasteiger partial charge in [0, 0.05) is 24.7 Å². The van der Waals surface area contributed by atoms with Crippen molar-refractivity contribution < 1.29 is 4.39 Å². The molecule has 0 spiro atoms. The lowest BCUT2D eigenvalue weighted by Crippen LogP contribution is -2.64. The van der Waals surface area contributed by atoms with Crippen molar-refractivity contribution in [1.82, 2.24) is 5.32 Å². The van der Waals surface area contributed by atoms with Gasteiger partial charge in [0.05, 0.1) is 10.7 Å². The quantitative estimate of drug-likeness (QED) is 0.912. The van der Waals surface area contributed by atoms with Crippen LogP contribution in [0.2, 0.25) is 5.02 Å². The van der Waals surface area contributed by atoms with E-state index in [1.54, 1.807) is 6.07 Å². The SMILES string of the molecule is CCC1CNC(C)(C2CC2)CN1c1cccc(Cl)c1F. The molecule has 0 aromatic heterocycles. The predicted molar refractivity (Wildman–Crippen MR) is 82.0 cm³/mol. The standard InChI is InChI=1S/C16H22ClFN2/c1-3-12-9-19-16(2,11-7-8-11)10-20(12)14-6-4-5-13(17)15(14)18/h4-6,11-12,19H,3,7-10H2,1-2H3. The molecule has 1 aliphatic heterocycles. The molecule has 1 aromatic carbocycles. The molecule has 0 radical (unpaired) electrons. The Hall–Kier alpha value is -0.800. The number of hydrogen-bond donors (Lipinski definition) is 1. The van der Waals surface area contributed by atoms with Crippen LogP contribution in [0.15, 0.2) is 18.2 Å². The van der Waals surface area contributed by atoms with Gasteiger partial charge in [0.1, 0.15) is 0 Å². The highest BCUT2D eigenvalue weighted by Gasteiger charge is 2.46. The van der Waals surface area contributed by atoms with Gasteiger partial charge in [0.15, 0.2) is 5.82 Å². The fraction of sp³-hybridized carbons (Fsp3) is 0.625. The van der Waals surface area contributed by atoms with E-state index >= 15 is 0 Å². The molecule has 0 amide bonds. The van der Waals surface area contributed by atoms with Gasteiger partial charge in [0.2, 0.25) is 0 Å². The second kappa shape index (κ2) is 5.19. The Morgan fingerprint density at radius 3 is 2.85 bits per heavy atom. The van der Waals surface area contributed by atoms with Crippen LogP contribution in [0.4, 0.5) is 10.1 Å². The van der Waals surface area contributed by atoms with Crippen molar-refractivity contribution in [3.8, 4) is 0 Å². The molecular formula is C16H22ClFN2. The summed E-state index contributed by atoms with van der Waals surface area (Å²) in [5.41, 5.74) is 0.748. The van der Waals surface area contributed by atoms with Crippen LogP contribution in [0.25, 0.3) is 0 Å². The van der Waals surface area contributed by atoms with E-state index < -0.39 is 0 Å². The molecule has 4 heteroatoms. The third kappa shape index (κ3) is 2.42. The molecule has 2 unspecified atom stereocenters. The number of nitrogens with zero attached hydrogens (tertiary/aromatic N) is 1. The minimum absolute atomic E-state index is 0.0976. The highest BCUT2D eigenvalue weighted by atomic mass is 35.5. The van der Waals surface area contributed by atoms with Gasteiger partial charge >= 0.3 is 0 Å². The first-order valence-electron chi connectivity index (χ1n) is 7.51. The van der Waals surface area contributed by atoms with E-state index in [0.29, 0.717) is 11.7 Å². The van der Waals surface area contributed by atoms with Gasteiger partial charge < -0.3 is 10.2 Å². The first kappa shape index (κ1) is 14.2. The molecule has 1 heterocycles. The molecule has 2 nitrogen and oxygen atoms in total. The predicted octanol–water partition coefficient (Wildman–Crippen LogP) is 3.84. The molecule has 2 aliphatic rings. The highest BCUT2D eigenvalue weighted by molar-refractivity contribution is 6.31. The minimum atomic E-state index is -0.285. The van der Waals surface area contributed by atoms with Crippen LogP contribution in [0, 0.1) is 11.7 Å². The van der Waals surface area contributed by atoms with Crippen LogP contribution in [-0.2, 0) is 0 Å². The normalized spacial score (nSPS) is 30.6. The number of benzene rings is 1. The summed E-state index contributed by atoms with van der Waals surface area (Å²) in [6.45, 7) is 6.19. The molecule has 1 aliphatic carbocycles. The molecule has 3 rings (SSSR count). The van der Waals surface area contributed by atoms with Crippen molar-refractivity contribution in [2.24, 2.45) is 5.92 Å². The average molecular weight is 297 g/mol. The van der Waals surface area contributed by atoms with Crippen molar-refractivity contribution in [2.45, 2.75) is 44.7 Å². The Kier molecular flexibility index (Phi) is 3.67. The monoisotopic (exact) mass is 296 g/mol. The van der Waals surface area contributed by atoms with Crippen molar-refractivity contribution in [2.75, 3.05) is 18.0 Å². The highest BCUT2D eigenvalue weighted by Crippen LogP contribution is 2.42. The van der Waals surface area contributed by atoms with Gasteiger partial charge in [-0.15, -0.1) is 0 Å². The number of piperazine rings is 1. The molecule has 110 valence electrons. The Balaban J connectivity index is 1.92. The van der Waals surface area contributed by atoms with Gasteiger partial charge in [-0.05, 0) is 44.2 Å². The smallest absolute Gasteiger partial charge is 0.165 e. The lowest BCUT2D eigenvalue weighted by molar-refractivity contribution is 0.251. The maximum atomic E-state index is 14.4. The lowest BCUT2D eigenvalue weighted by Gasteiger charge is -2.47. The van der Waals surface area contributed by atoms with Crippen LogP contribution in [-0.4, -0.2) is 24.7 Å². The molecule has 1 saturated heterocycles. The molecule has 1 saturated carbocycles. The van der Waals surface area contributed by atoms with Crippen molar-refractivity contribution in [3.05, 3.63) is 29.0 Å². The summed E-state index contributed by atoms with van der Waals surface area (Å²) in [5.74, 6) is 0.442. The fourth-order valence-corrected chi connectivity index (χ4v) is 3.52. The lowest BCUT2D eigenvalue weighted by atomic mass is 9.90. The summed E-state index contributed by atoms with van der Waals surface area (Å²) in [6, 6.07) is 5.63. The van der Waals surface area contributed by atoms with E-state index in [2.05, 4.69) is 24.1 Å².